The summed E-state index contributed by atoms with van der Waals surface area (Å²) in [7, 11) is 2.36. The first kappa shape index (κ1) is 27.3. The van der Waals surface area contributed by atoms with Gasteiger partial charge < -0.3 is 20.5 Å². The number of nitrogens with zero attached hydrogens (tertiary/aromatic N) is 2. The van der Waals surface area contributed by atoms with Crippen molar-refractivity contribution in [2.75, 3.05) is 25.3 Å². The number of amides is 1. The Morgan fingerprint density at radius 3 is 1.61 bits per heavy atom. The highest BCUT2D eigenvalue weighted by molar-refractivity contribution is 6.47. The summed E-state index contributed by atoms with van der Waals surface area (Å²) in [6.07, 6.45) is 0. The minimum Gasteiger partial charge on any atom is -0.464 e. The molecule has 0 aromatic carbocycles. The molecule has 0 unspecified atom stereocenters. The lowest BCUT2D eigenvalue weighted by Crippen LogP contribution is -2.12. The molecule has 2 aromatic rings. The summed E-state index contributed by atoms with van der Waals surface area (Å²) in [5.74, 6) is -1.91. The van der Waals surface area contributed by atoms with E-state index < -0.39 is 17.8 Å². The van der Waals surface area contributed by atoms with Crippen molar-refractivity contribution in [3.8, 4) is 0 Å². The maximum atomic E-state index is 11.4. The molecule has 9 nitrogen and oxygen atoms in total. The van der Waals surface area contributed by atoms with Crippen LogP contribution in [0.5, 0.6) is 0 Å². The highest BCUT2D eigenvalue weighted by Gasteiger charge is 2.22. The number of carbonyl (C=O) groups is 3. The fraction of sp³-hybridized carbons (Fsp3) is 0.188. The van der Waals surface area contributed by atoms with E-state index in [1.807, 2.05) is 0 Å². The maximum Gasteiger partial charge on any atom is 0.358 e. The number of rotatable bonds is 3. The average Bonchev–Trinajstić information content (AvgIpc) is 2.73. The molecule has 0 aliphatic carbocycles. The molecule has 2 rings (SSSR count). The molecule has 0 spiro atoms. The number of anilines is 2. The van der Waals surface area contributed by atoms with E-state index in [1.165, 1.54) is 21.1 Å². The van der Waals surface area contributed by atoms with E-state index in [0.717, 1.165) is 0 Å². The lowest BCUT2D eigenvalue weighted by molar-refractivity contribution is -0.114. The van der Waals surface area contributed by atoms with Crippen molar-refractivity contribution in [2.45, 2.75) is 6.92 Å². The van der Waals surface area contributed by atoms with Crippen LogP contribution < -0.4 is 11.1 Å². The number of hydrogen-bond acceptors (Lipinski definition) is 8. The SMILES string of the molecule is COC(=O)c1nc(Cl)c(Cl)c(N)c1Cl.COC(=O)c1nc(Cl)c(Cl)c(NC(C)=O)c1Cl. The lowest BCUT2D eigenvalue weighted by Gasteiger charge is -2.11. The summed E-state index contributed by atoms with van der Waals surface area (Å²) in [4.78, 5) is 40.8. The van der Waals surface area contributed by atoms with Crippen LogP contribution in [0.25, 0.3) is 0 Å². The van der Waals surface area contributed by atoms with Crippen LogP contribution in [0.1, 0.15) is 27.9 Å². The number of nitrogens with two attached hydrogens (primary N) is 1. The topological polar surface area (TPSA) is 134 Å². The van der Waals surface area contributed by atoms with E-state index in [-0.39, 0.29) is 53.2 Å². The summed E-state index contributed by atoms with van der Waals surface area (Å²) in [6, 6.07) is 0. The van der Waals surface area contributed by atoms with Gasteiger partial charge in [-0.1, -0.05) is 69.6 Å². The molecule has 2 heterocycles. The third-order valence-corrected chi connectivity index (χ3v) is 5.41. The Morgan fingerprint density at radius 2 is 1.19 bits per heavy atom. The number of nitrogen functional groups attached to an aromatic ring is 1. The zero-order valence-corrected chi connectivity index (χ0v) is 20.3. The molecule has 0 bridgehead atoms. The predicted octanol–water partition coefficient (Wildman–Crippen LogP) is 5.20. The van der Waals surface area contributed by atoms with Crippen LogP contribution in [0.4, 0.5) is 11.4 Å². The molecule has 168 valence electrons. The van der Waals surface area contributed by atoms with Crippen molar-refractivity contribution in [3.63, 3.8) is 0 Å². The van der Waals surface area contributed by atoms with Gasteiger partial charge >= 0.3 is 11.9 Å². The molecule has 0 saturated carbocycles. The first-order valence-electron chi connectivity index (χ1n) is 7.65. The number of aromatic nitrogens is 2. The number of carbonyl (C=O) groups excluding carboxylic acids is 3. The molecule has 15 heteroatoms. The molecule has 0 saturated heterocycles. The second kappa shape index (κ2) is 11.8. The van der Waals surface area contributed by atoms with Gasteiger partial charge in [-0.2, -0.15) is 0 Å². The summed E-state index contributed by atoms with van der Waals surface area (Å²) < 4.78 is 8.90. The zero-order chi connectivity index (χ0) is 24.0. The number of nitrogens with one attached hydrogen (secondary N) is 1. The standard InChI is InChI=1S/C9H7Cl3N2O3.C7H5Cl3N2O2/c1-3(15)13-6-4(10)7(9(16)17-2)14-8(12)5(6)11;1-14-7(13)5-2(8)4(11)3(9)6(10)12-5/h1-2H3,(H,13,14,15);1H3,(H2,11,12). The van der Waals surface area contributed by atoms with Crippen LogP contribution in [0, 0.1) is 0 Å². The highest BCUT2D eigenvalue weighted by atomic mass is 35.5. The van der Waals surface area contributed by atoms with Crippen LogP contribution in [-0.2, 0) is 14.3 Å². The van der Waals surface area contributed by atoms with Crippen molar-refractivity contribution in [3.05, 3.63) is 41.8 Å². The molecular weight excluding hydrogens is 541 g/mol. The van der Waals surface area contributed by atoms with Crippen molar-refractivity contribution < 1.29 is 23.9 Å². The Labute approximate surface area is 206 Å². The number of ether oxygens (including phenoxy) is 2. The molecule has 3 N–H and O–H groups in total. The Balaban J connectivity index is 0.000000316. The van der Waals surface area contributed by atoms with Crippen LogP contribution >= 0.6 is 69.6 Å². The summed E-state index contributed by atoms with van der Waals surface area (Å²) in [5.41, 5.74) is 5.15. The Kier molecular flexibility index (Phi) is 10.3. The summed E-state index contributed by atoms with van der Waals surface area (Å²) >= 11 is 34.4. The fourth-order valence-electron chi connectivity index (χ4n) is 1.80. The Morgan fingerprint density at radius 1 is 0.774 bits per heavy atom. The number of hydrogen-bond donors (Lipinski definition) is 2. The van der Waals surface area contributed by atoms with Crippen LogP contribution in [0.3, 0.4) is 0 Å². The average molecular weight is 553 g/mol. The van der Waals surface area contributed by atoms with Gasteiger partial charge in [0.05, 0.1) is 35.6 Å². The van der Waals surface area contributed by atoms with Gasteiger partial charge in [-0.05, 0) is 0 Å². The van der Waals surface area contributed by atoms with Gasteiger partial charge in [0.2, 0.25) is 5.91 Å². The second-order valence-electron chi connectivity index (χ2n) is 5.21. The molecule has 0 radical (unpaired) electrons. The fourth-order valence-corrected chi connectivity index (χ4v) is 3.05. The van der Waals surface area contributed by atoms with Gasteiger partial charge in [0.1, 0.15) is 10.0 Å². The van der Waals surface area contributed by atoms with E-state index >= 15 is 0 Å². The highest BCUT2D eigenvalue weighted by Crippen LogP contribution is 2.37. The van der Waals surface area contributed by atoms with E-state index in [9.17, 15) is 14.4 Å². The normalized spacial score (nSPS) is 9.97. The van der Waals surface area contributed by atoms with Crippen molar-refractivity contribution in [1.29, 1.82) is 0 Å². The van der Waals surface area contributed by atoms with Gasteiger partial charge in [0.25, 0.3) is 0 Å². The number of methoxy groups -OCH3 is 2. The Bertz CT molecular complexity index is 1050. The Hall–Kier alpha value is -1.75. The molecule has 0 aliphatic rings. The monoisotopic (exact) mass is 550 g/mol. The van der Waals surface area contributed by atoms with Crippen molar-refractivity contribution in [2.24, 2.45) is 0 Å². The molecule has 0 aliphatic heterocycles. The van der Waals surface area contributed by atoms with E-state index in [2.05, 4.69) is 24.8 Å². The van der Waals surface area contributed by atoms with E-state index in [1.54, 1.807) is 0 Å². The summed E-state index contributed by atoms with van der Waals surface area (Å²) in [6.45, 7) is 1.26. The molecule has 2 aromatic heterocycles. The minimum atomic E-state index is -0.778. The van der Waals surface area contributed by atoms with E-state index in [4.69, 9.17) is 75.3 Å². The summed E-state index contributed by atoms with van der Waals surface area (Å²) in [5, 5.41) is 1.91. The largest absolute Gasteiger partial charge is 0.464 e. The third kappa shape index (κ3) is 6.61. The van der Waals surface area contributed by atoms with Crippen LogP contribution in [0.15, 0.2) is 0 Å². The van der Waals surface area contributed by atoms with Crippen LogP contribution in [0.2, 0.25) is 30.4 Å². The van der Waals surface area contributed by atoms with Gasteiger partial charge in [-0.3, -0.25) is 4.79 Å². The molecule has 0 atom stereocenters. The smallest absolute Gasteiger partial charge is 0.358 e. The first-order chi connectivity index (χ1) is 14.4. The van der Waals surface area contributed by atoms with Gasteiger partial charge in [0, 0.05) is 6.92 Å². The van der Waals surface area contributed by atoms with Crippen LogP contribution in [-0.4, -0.2) is 42.0 Å². The van der Waals surface area contributed by atoms with Crippen molar-refractivity contribution >= 4 is 98.8 Å². The molecule has 1 amide bonds. The zero-order valence-electron chi connectivity index (χ0n) is 15.8. The van der Waals surface area contributed by atoms with Gasteiger partial charge in [-0.25, -0.2) is 19.6 Å². The molecule has 0 fully saturated rings. The van der Waals surface area contributed by atoms with Gasteiger partial charge in [-0.15, -0.1) is 0 Å². The maximum absolute atomic E-state index is 11.4. The number of pyridine rings is 2. The quantitative estimate of drug-likeness (QED) is 0.392. The van der Waals surface area contributed by atoms with E-state index in [0.29, 0.717) is 0 Å². The van der Waals surface area contributed by atoms with Gasteiger partial charge in [0.15, 0.2) is 21.7 Å². The predicted molar refractivity (Wildman–Crippen MR) is 120 cm³/mol. The number of esters is 2. The second-order valence-corrected chi connectivity index (χ2v) is 7.44. The molecule has 31 heavy (non-hydrogen) atoms. The molecular formula is C16H12Cl6N4O5. The first-order valence-corrected chi connectivity index (χ1v) is 9.92. The number of halogens is 6. The lowest BCUT2D eigenvalue weighted by atomic mass is 10.3. The third-order valence-electron chi connectivity index (χ3n) is 3.17. The van der Waals surface area contributed by atoms with Crippen molar-refractivity contribution in [1.82, 2.24) is 9.97 Å². The minimum absolute atomic E-state index is 0.00809.